The highest BCUT2D eigenvalue weighted by molar-refractivity contribution is 6.01. The first-order chi connectivity index (χ1) is 13.5. The minimum Gasteiger partial charge on any atom is -0.478 e. The molecule has 2 aromatic carbocycles. The lowest BCUT2D eigenvalue weighted by molar-refractivity contribution is -0.156. The van der Waals surface area contributed by atoms with Gasteiger partial charge in [0.2, 0.25) is 0 Å². The minimum atomic E-state index is -0.989. The third-order valence-corrected chi connectivity index (χ3v) is 4.87. The second-order valence-corrected chi connectivity index (χ2v) is 6.80. The van der Waals surface area contributed by atoms with Gasteiger partial charge in [-0.1, -0.05) is 30.3 Å². The first-order valence-corrected chi connectivity index (χ1v) is 9.18. The van der Waals surface area contributed by atoms with Crippen molar-refractivity contribution in [2.45, 2.75) is 32.0 Å². The number of carbonyl (C=O) groups excluding carboxylic acids is 3. The molecule has 2 aliphatic heterocycles. The number of anilines is 2. The van der Waals surface area contributed by atoms with E-state index >= 15 is 0 Å². The molecule has 7 heteroatoms. The summed E-state index contributed by atoms with van der Waals surface area (Å²) < 4.78 is 10.9. The highest BCUT2D eigenvalue weighted by Gasteiger charge is 2.33. The number of benzene rings is 2. The zero-order chi connectivity index (χ0) is 19.7. The first kappa shape index (κ1) is 18.0. The number of para-hydroxylation sites is 3. The number of hydrogen-bond acceptors (Lipinski definition) is 5. The molecule has 0 radical (unpaired) electrons. The van der Waals surface area contributed by atoms with Gasteiger partial charge < -0.3 is 19.7 Å². The first-order valence-electron chi connectivity index (χ1n) is 9.18. The molecule has 0 spiro atoms. The number of rotatable bonds is 4. The van der Waals surface area contributed by atoms with Gasteiger partial charge in [-0.15, -0.1) is 0 Å². The molecule has 4 rings (SSSR count). The Morgan fingerprint density at radius 2 is 1.96 bits per heavy atom. The highest BCUT2D eigenvalue weighted by Crippen LogP contribution is 2.30. The number of amides is 2. The van der Waals surface area contributed by atoms with Gasteiger partial charge in [0.25, 0.3) is 11.8 Å². The zero-order valence-corrected chi connectivity index (χ0v) is 15.4. The van der Waals surface area contributed by atoms with Crippen molar-refractivity contribution in [3.63, 3.8) is 0 Å². The number of fused-ring (bicyclic) bond motifs is 2. The lowest BCUT2D eigenvalue weighted by Crippen LogP contribution is -2.42. The molecular formula is C21H20N2O5. The lowest BCUT2D eigenvalue weighted by Gasteiger charge is -2.26. The number of hydrogen-bond donors (Lipinski definition) is 1. The molecule has 0 unspecified atom stereocenters. The number of ether oxygens (including phenoxy) is 2. The van der Waals surface area contributed by atoms with Crippen molar-refractivity contribution >= 4 is 29.2 Å². The highest BCUT2D eigenvalue weighted by atomic mass is 16.6. The van der Waals surface area contributed by atoms with Gasteiger partial charge >= 0.3 is 5.97 Å². The van der Waals surface area contributed by atoms with Crippen LogP contribution in [-0.2, 0) is 25.5 Å². The molecular weight excluding hydrogens is 360 g/mol. The Labute approximate surface area is 162 Å². The van der Waals surface area contributed by atoms with E-state index in [2.05, 4.69) is 5.32 Å². The average molecular weight is 380 g/mol. The second kappa shape index (κ2) is 7.34. The molecule has 28 heavy (non-hydrogen) atoms. The van der Waals surface area contributed by atoms with Crippen molar-refractivity contribution in [2.75, 3.05) is 16.8 Å². The summed E-state index contributed by atoms with van der Waals surface area (Å²) in [5.41, 5.74) is 2.51. The molecule has 2 atom stereocenters. The quantitative estimate of drug-likeness (QED) is 0.823. The molecule has 0 saturated carbocycles. The largest absolute Gasteiger partial charge is 0.478 e. The molecule has 0 fully saturated rings. The summed E-state index contributed by atoms with van der Waals surface area (Å²) in [6.45, 7) is 2.10. The van der Waals surface area contributed by atoms with Crippen LogP contribution in [0.2, 0.25) is 0 Å². The van der Waals surface area contributed by atoms with E-state index in [0.717, 1.165) is 17.7 Å². The molecule has 0 saturated heterocycles. The predicted octanol–water partition coefficient (Wildman–Crippen LogP) is 2.30. The van der Waals surface area contributed by atoms with Crippen LogP contribution in [0.15, 0.2) is 48.5 Å². The summed E-state index contributed by atoms with van der Waals surface area (Å²) in [5.74, 6) is -0.855. The van der Waals surface area contributed by atoms with Crippen LogP contribution in [0.5, 0.6) is 5.75 Å². The van der Waals surface area contributed by atoms with Crippen LogP contribution in [0.25, 0.3) is 0 Å². The van der Waals surface area contributed by atoms with Crippen molar-refractivity contribution in [1.82, 2.24) is 0 Å². The van der Waals surface area contributed by atoms with Crippen molar-refractivity contribution in [3.05, 3.63) is 54.1 Å². The van der Waals surface area contributed by atoms with E-state index in [1.54, 1.807) is 29.2 Å². The maximum atomic E-state index is 12.7. The molecule has 2 amide bonds. The van der Waals surface area contributed by atoms with E-state index in [4.69, 9.17) is 9.47 Å². The van der Waals surface area contributed by atoms with Gasteiger partial charge in [-0.05, 0) is 37.1 Å². The standard InChI is InChI=1S/C21H20N2O5/c1-13(21(26)23-11-10-14-6-2-4-8-16(14)23)27-19(24)12-18-20(25)22-15-7-3-5-9-17(15)28-18/h2-9,13,18H,10-12H2,1H3,(H,22,25)/t13-,18-/m0/s1. The second-order valence-electron chi connectivity index (χ2n) is 6.80. The normalized spacial score (nSPS) is 18.4. The Hall–Kier alpha value is -3.35. The van der Waals surface area contributed by atoms with E-state index in [9.17, 15) is 14.4 Å². The molecule has 2 heterocycles. The molecule has 0 bridgehead atoms. The van der Waals surface area contributed by atoms with Crippen LogP contribution < -0.4 is 15.0 Å². The van der Waals surface area contributed by atoms with E-state index in [0.29, 0.717) is 18.0 Å². The van der Waals surface area contributed by atoms with Crippen molar-refractivity contribution in [3.8, 4) is 5.75 Å². The van der Waals surface area contributed by atoms with Crippen LogP contribution in [-0.4, -0.2) is 36.5 Å². The van der Waals surface area contributed by atoms with Gasteiger partial charge in [0.05, 0.1) is 12.1 Å². The lowest BCUT2D eigenvalue weighted by atomic mass is 10.1. The molecule has 0 aliphatic carbocycles. The van der Waals surface area contributed by atoms with Crippen LogP contribution >= 0.6 is 0 Å². The Bertz CT molecular complexity index is 942. The topological polar surface area (TPSA) is 84.9 Å². The van der Waals surface area contributed by atoms with Crippen LogP contribution in [0.4, 0.5) is 11.4 Å². The van der Waals surface area contributed by atoms with Crippen molar-refractivity contribution in [2.24, 2.45) is 0 Å². The third kappa shape index (κ3) is 3.43. The third-order valence-electron chi connectivity index (χ3n) is 4.87. The Morgan fingerprint density at radius 3 is 2.82 bits per heavy atom. The SMILES string of the molecule is C[C@H](OC(=O)C[C@@H]1Oc2ccccc2NC1=O)C(=O)N1CCc2ccccc21. The number of nitrogens with one attached hydrogen (secondary N) is 1. The van der Waals surface area contributed by atoms with Crippen LogP contribution in [0.1, 0.15) is 18.9 Å². The van der Waals surface area contributed by atoms with E-state index in [1.807, 2.05) is 24.3 Å². The molecule has 2 aliphatic rings. The van der Waals surface area contributed by atoms with E-state index < -0.39 is 24.1 Å². The maximum Gasteiger partial charge on any atom is 0.310 e. The van der Waals surface area contributed by atoms with Gasteiger partial charge in [0, 0.05) is 12.2 Å². The molecule has 144 valence electrons. The smallest absolute Gasteiger partial charge is 0.310 e. The van der Waals surface area contributed by atoms with Crippen molar-refractivity contribution in [1.29, 1.82) is 0 Å². The fourth-order valence-corrected chi connectivity index (χ4v) is 3.46. The minimum absolute atomic E-state index is 0.269. The van der Waals surface area contributed by atoms with Gasteiger partial charge in [0.1, 0.15) is 5.75 Å². The van der Waals surface area contributed by atoms with E-state index in [1.165, 1.54) is 6.92 Å². The van der Waals surface area contributed by atoms with Crippen molar-refractivity contribution < 1.29 is 23.9 Å². The Kier molecular flexibility index (Phi) is 4.73. The van der Waals surface area contributed by atoms with E-state index in [-0.39, 0.29) is 12.3 Å². The molecule has 7 nitrogen and oxygen atoms in total. The summed E-state index contributed by atoms with van der Waals surface area (Å²) in [7, 11) is 0. The van der Waals surface area contributed by atoms with Gasteiger partial charge in [0.15, 0.2) is 12.2 Å². The summed E-state index contributed by atoms with van der Waals surface area (Å²) >= 11 is 0. The summed E-state index contributed by atoms with van der Waals surface area (Å²) in [6, 6.07) is 14.7. The number of nitrogens with zero attached hydrogens (tertiary/aromatic N) is 1. The fraction of sp³-hybridized carbons (Fsp3) is 0.286. The summed E-state index contributed by atoms with van der Waals surface area (Å²) in [4.78, 5) is 38.8. The molecule has 2 aromatic rings. The average Bonchev–Trinajstić information content (AvgIpc) is 3.12. The maximum absolute atomic E-state index is 12.7. The number of carbonyl (C=O) groups is 3. The molecule has 1 N–H and O–H groups in total. The monoisotopic (exact) mass is 380 g/mol. The van der Waals surface area contributed by atoms with Crippen LogP contribution in [0, 0.1) is 0 Å². The number of esters is 1. The summed E-state index contributed by atoms with van der Waals surface area (Å²) in [5, 5.41) is 2.70. The Morgan fingerprint density at radius 1 is 1.21 bits per heavy atom. The van der Waals surface area contributed by atoms with Gasteiger partial charge in [-0.3, -0.25) is 14.4 Å². The zero-order valence-electron chi connectivity index (χ0n) is 15.4. The molecule has 0 aromatic heterocycles. The Balaban J connectivity index is 1.36. The van der Waals surface area contributed by atoms with Crippen LogP contribution in [0.3, 0.4) is 0 Å². The predicted molar refractivity (Wildman–Crippen MR) is 102 cm³/mol. The summed E-state index contributed by atoms with van der Waals surface area (Å²) in [6.07, 6.45) is -1.43. The van der Waals surface area contributed by atoms with Gasteiger partial charge in [-0.2, -0.15) is 0 Å². The fourth-order valence-electron chi connectivity index (χ4n) is 3.46. The van der Waals surface area contributed by atoms with Gasteiger partial charge in [-0.25, -0.2) is 0 Å².